The molecule has 1 aliphatic heterocycles. The zero-order chi connectivity index (χ0) is 10.6. The largest absolute Gasteiger partial charge is 0.355 e. The summed E-state index contributed by atoms with van der Waals surface area (Å²) in [5.74, 6) is 0. The van der Waals surface area contributed by atoms with E-state index in [9.17, 15) is 8.78 Å². The van der Waals surface area contributed by atoms with Gasteiger partial charge in [0.15, 0.2) is 0 Å². The molecule has 0 aromatic carbocycles. The van der Waals surface area contributed by atoms with Gasteiger partial charge in [-0.05, 0) is 19.4 Å². The normalized spacial score (nSPS) is 23.6. The summed E-state index contributed by atoms with van der Waals surface area (Å²) in [6.45, 7) is 5.88. The van der Waals surface area contributed by atoms with Crippen LogP contribution in [-0.4, -0.2) is 36.7 Å². The summed E-state index contributed by atoms with van der Waals surface area (Å²) in [5, 5.41) is 0. The molecule has 1 fully saturated rings. The molecule has 84 valence electrons. The number of halogens is 2. The van der Waals surface area contributed by atoms with Gasteiger partial charge in [-0.2, -0.15) is 8.78 Å². The molecule has 0 amide bonds. The highest BCUT2D eigenvalue weighted by Gasteiger charge is 2.33. The monoisotopic (exact) mass is 207 g/mol. The fourth-order valence-electron chi connectivity index (χ4n) is 1.68. The Morgan fingerprint density at radius 3 is 2.57 bits per heavy atom. The van der Waals surface area contributed by atoms with Crippen molar-refractivity contribution >= 4 is 0 Å². The van der Waals surface area contributed by atoms with Crippen molar-refractivity contribution in [1.29, 1.82) is 0 Å². The quantitative estimate of drug-likeness (QED) is 0.663. The summed E-state index contributed by atoms with van der Waals surface area (Å²) in [6.07, 6.45) is -1.67. The van der Waals surface area contributed by atoms with E-state index in [1.165, 1.54) is 0 Å². The average molecular weight is 207 g/mol. The summed E-state index contributed by atoms with van der Waals surface area (Å²) in [7, 11) is 0. The first kappa shape index (κ1) is 11.9. The lowest BCUT2D eigenvalue weighted by molar-refractivity contribution is -0.252. The van der Waals surface area contributed by atoms with E-state index in [2.05, 4.69) is 9.64 Å². The van der Waals surface area contributed by atoms with Crippen LogP contribution in [0.3, 0.4) is 0 Å². The smallest absolute Gasteiger partial charge is 0.319 e. The maximum atomic E-state index is 12.9. The van der Waals surface area contributed by atoms with Crippen molar-refractivity contribution in [3.8, 4) is 0 Å². The van der Waals surface area contributed by atoms with E-state index in [1.807, 2.05) is 6.92 Å². The molecule has 2 nitrogen and oxygen atoms in total. The molecule has 14 heavy (non-hydrogen) atoms. The van der Waals surface area contributed by atoms with Crippen LogP contribution >= 0.6 is 0 Å². The first-order chi connectivity index (χ1) is 6.59. The summed E-state index contributed by atoms with van der Waals surface area (Å²) < 4.78 is 30.5. The molecule has 1 saturated heterocycles. The van der Waals surface area contributed by atoms with E-state index in [0.717, 1.165) is 19.5 Å². The number of alkyl halides is 2. The number of hydrogen-bond acceptors (Lipinski definition) is 2. The third kappa shape index (κ3) is 3.17. The van der Waals surface area contributed by atoms with Crippen LogP contribution in [0.2, 0.25) is 0 Å². The van der Waals surface area contributed by atoms with Gasteiger partial charge < -0.3 is 4.74 Å². The molecular formula is C10H19F2NO. The van der Waals surface area contributed by atoms with Crippen LogP contribution in [0.15, 0.2) is 0 Å². The Morgan fingerprint density at radius 2 is 2.14 bits per heavy atom. The molecule has 0 aromatic heterocycles. The Bertz CT molecular complexity index is 174. The predicted octanol–water partition coefficient (Wildman–Crippen LogP) is 2.49. The fourth-order valence-corrected chi connectivity index (χ4v) is 1.68. The van der Waals surface area contributed by atoms with Gasteiger partial charge in [0.2, 0.25) is 0 Å². The van der Waals surface area contributed by atoms with Gasteiger partial charge in [-0.3, -0.25) is 4.90 Å². The maximum absolute atomic E-state index is 12.9. The Labute approximate surface area is 84.2 Å². The first-order valence-electron chi connectivity index (χ1n) is 5.35. The molecule has 0 N–H and O–H groups in total. The third-order valence-electron chi connectivity index (χ3n) is 2.70. The molecule has 0 saturated carbocycles. The number of likely N-dealkylation sites (tertiary alicyclic amines) is 1. The molecular weight excluding hydrogens is 188 g/mol. The number of nitrogens with zero attached hydrogens (tertiary/aromatic N) is 1. The molecule has 0 bridgehead atoms. The van der Waals surface area contributed by atoms with Crippen LogP contribution in [0, 0.1) is 0 Å². The molecule has 1 rings (SSSR count). The number of ether oxygens (including phenoxy) is 1. The van der Waals surface area contributed by atoms with E-state index in [-0.39, 0.29) is 19.1 Å². The van der Waals surface area contributed by atoms with Crippen LogP contribution in [0.25, 0.3) is 0 Å². The second-order valence-electron chi connectivity index (χ2n) is 3.77. The Balaban J connectivity index is 2.19. The van der Waals surface area contributed by atoms with E-state index in [1.54, 1.807) is 6.92 Å². The lowest BCUT2D eigenvalue weighted by Crippen LogP contribution is -2.50. The molecule has 1 unspecified atom stereocenters. The SMILES string of the molecule is CCCC(F)(F)OCC1CCN1CC. The number of hydrogen-bond donors (Lipinski definition) is 0. The van der Waals surface area contributed by atoms with Crippen LogP contribution in [0.5, 0.6) is 0 Å². The van der Waals surface area contributed by atoms with Crippen LogP contribution in [0.4, 0.5) is 8.78 Å². The van der Waals surface area contributed by atoms with Gasteiger partial charge in [-0.25, -0.2) is 0 Å². The Morgan fingerprint density at radius 1 is 1.43 bits per heavy atom. The number of rotatable bonds is 6. The lowest BCUT2D eigenvalue weighted by Gasteiger charge is -2.40. The lowest BCUT2D eigenvalue weighted by atomic mass is 10.0. The van der Waals surface area contributed by atoms with Gasteiger partial charge >= 0.3 is 6.11 Å². The zero-order valence-corrected chi connectivity index (χ0v) is 8.93. The second kappa shape index (κ2) is 5.03. The van der Waals surface area contributed by atoms with Crippen molar-refractivity contribution in [2.75, 3.05) is 19.7 Å². The van der Waals surface area contributed by atoms with E-state index in [0.29, 0.717) is 6.42 Å². The first-order valence-corrected chi connectivity index (χ1v) is 5.35. The van der Waals surface area contributed by atoms with Gasteiger partial charge in [0.25, 0.3) is 0 Å². The molecule has 1 heterocycles. The van der Waals surface area contributed by atoms with Gasteiger partial charge in [-0.1, -0.05) is 13.8 Å². The van der Waals surface area contributed by atoms with Gasteiger partial charge in [0.1, 0.15) is 0 Å². The minimum absolute atomic E-state index is 0.167. The predicted molar refractivity (Wildman–Crippen MR) is 51.5 cm³/mol. The maximum Gasteiger partial charge on any atom is 0.355 e. The Hall–Kier alpha value is -0.220. The molecule has 1 aliphatic rings. The zero-order valence-electron chi connectivity index (χ0n) is 8.93. The minimum Gasteiger partial charge on any atom is -0.319 e. The molecule has 1 atom stereocenters. The fraction of sp³-hybridized carbons (Fsp3) is 1.00. The van der Waals surface area contributed by atoms with Crippen LogP contribution in [0.1, 0.15) is 33.1 Å². The Kier molecular flexibility index (Phi) is 4.26. The van der Waals surface area contributed by atoms with Crippen LogP contribution in [-0.2, 0) is 4.74 Å². The molecule has 0 aliphatic carbocycles. The van der Waals surface area contributed by atoms with Crippen molar-refractivity contribution in [3.63, 3.8) is 0 Å². The van der Waals surface area contributed by atoms with Gasteiger partial charge in [0.05, 0.1) is 6.61 Å². The summed E-state index contributed by atoms with van der Waals surface area (Å²) in [6, 6.07) is 0.211. The van der Waals surface area contributed by atoms with Crippen molar-refractivity contribution in [1.82, 2.24) is 4.90 Å². The topological polar surface area (TPSA) is 12.5 Å². The summed E-state index contributed by atoms with van der Waals surface area (Å²) in [5.41, 5.74) is 0. The van der Waals surface area contributed by atoms with Crippen molar-refractivity contribution in [2.45, 2.75) is 45.3 Å². The van der Waals surface area contributed by atoms with Gasteiger partial charge in [0, 0.05) is 19.0 Å². The molecule has 0 radical (unpaired) electrons. The van der Waals surface area contributed by atoms with E-state index in [4.69, 9.17) is 0 Å². The summed E-state index contributed by atoms with van der Waals surface area (Å²) in [4.78, 5) is 2.15. The van der Waals surface area contributed by atoms with Crippen LogP contribution < -0.4 is 0 Å². The highest BCUT2D eigenvalue weighted by molar-refractivity contribution is 4.81. The molecule has 4 heteroatoms. The van der Waals surface area contributed by atoms with E-state index >= 15 is 0 Å². The third-order valence-corrected chi connectivity index (χ3v) is 2.70. The second-order valence-corrected chi connectivity index (χ2v) is 3.77. The highest BCUT2D eigenvalue weighted by Crippen LogP contribution is 2.25. The van der Waals surface area contributed by atoms with E-state index < -0.39 is 6.11 Å². The number of likely N-dealkylation sites (N-methyl/N-ethyl adjacent to an activating group) is 1. The summed E-state index contributed by atoms with van der Waals surface area (Å²) >= 11 is 0. The van der Waals surface area contributed by atoms with Crippen molar-refractivity contribution in [2.24, 2.45) is 0 Å². The highest BCUT2D eigenvalue weighted by atomic mass is 19.3. The average Bonchev–Trinajstić information content (AvgIpc) is 2.02. The van der Waals surface area contributed by atoms with Crippen molar-refractivity contribution < 1.29 is 13.5 Å². The standard InChI is InChI=1S/C10H19F2NO/c1-3-6-10(11,12)14-8-9-5-7-13(9)4-2/h9H,3-8H2,1-2H3. The van der Waals surface area contributed by atoms with Gasteiger partial charge in [-0.15, -0.1) is 0 Å². The minimum atomic E-state index is -2.93. The van der Waals surface area contributed by atoms with Crippen molar-refractivity contribution in [3.05, 3.63) is 0 Å². The molecule has 0 aromatic rings. The molecule has 0 spiro atoms.